The number of thiazole rings is 1. The molecule has 0 bridgehead atoms. The molecule has 3 rings (SSSR count). The average molecular weight is 376 g/mol. The fourth-order valence-corrected chi connectivity index (χ4v) is 3.08. The Balaban J connectivity index is 1.88. The van der Waals surface area contributed by atoms with E-state index >= 15 is 0 Å². The van der Waals surface area contributed by atoms with Gasteiger partial charge in [0, 0.05) is 18.0 Å². The van der Waals surface area contributed by atoms with E-state index in [-0.39, 0.29) is 6.54 Å². The fraction of sp³-hybridized carbons (Fsp3) is 0.118. The largest absolute Gasteiger partial charge is 0.417 e. The molecule has 2 heterocycles. The van der Waals surface area contributed by atoms with E-state index in [2.05, 4.69) is 26.5 Å². The number of rotatable bonds is 3. The Morgan fingerprint density at radius 3 is 2.77 bits per heavy atom. The Bertz CT molecular complexity index is 1010. The number of hydrogen-bond acceptors (Lipinski definition) is 4. The average Bonchev–Trinajstić information content (AvgIpc) is 3.00. The Labute approximate surface area is 150 Å². The molecule has 2 N–H and O–H groups in total. The molecule has 132 valence electrons. The van der Waals surface area contributed by atoms with Gasteiger partial charge in [-0.15, -0.1) is 6.42 Å². The first-order chi connectivity index (χ1) is 12.4. The number of alkyl halides is 3. The summed E-state index contributed by atoms with van der Waals surface area (Å²) in [5.74, 6) is 2.28. The van der Waals surface area contributed by atoms with Crippen LogP contribution in [0.1, 0.15) is 5.56 Å². The van der Waals surface area contributed by atoms with Crippen LogP contribution in [0.5, 0.6) is 0 Å². The number of halogens is 3. The third-order valence-corrected chi connectivity index (χ3v) is 4.29. The third-order valence-electron chi connectivity index (χ3n) is 3.36. The van der Waals surface area contributed by atoms with Gasteiger partial charge in [0.1, 0.15) is 0 Å². The van der Waals surface area contributed by atoms with Gasteiger partial charge in [-0.25, -0.2) is 9.78 Å². The van der Waals surface area contributed by atoms with Crippen LogP contribution in [0.3, 0.4) is 0 Å². The number of hydrogen-bond donors (Lipinski definition) is 2. The van der Waals surface area contributed by atoms with Gasteiger partial charge < -0.3 is 5.32 Å². The number of nitrogens with one attached hydrogen (secondary N) is 2. The molecule has 1 aromatic carbocycles. The topological polar surface area (TPSA) is 66.9 Å². The van der Waals surface area contributed by atoms with Crippen LogP contribution in [-0.4, -0.2) is 22.5 Å². The number of carbonyl (C=O) groups excluding carboxylic acids is 1. The van der Waals surface area contributed by atoms with Crippen molar-refractivity contribution in [1.29, 1.82) is 0 Å². The van der Waals surface area contributed by atoms with Gasteiger partial charge in [-0.05, 0) is 23.8 Å². The van der Waals surface area contributed by atoms with Gasteiger partial charge in [-0.1, -0.05) is 23.3 Å². The molecule has 0 fully saturated rings. The molecule has 5 nitrogen and oxygen atoms in total. The molecule has 2 amide bonds. The van der Waals surface area contributed by atoms with Crippen LogP contribution < -0.4 is 10.6 Å². The quantitative estimate of drug-likeness (QED) is 0.676. The van der Waals surface area contributed by atoms with Crippen molar-refractivity contribution in [1.82, 2.24) is 15.3 Å². The molecule has 0 unspecified atom stereocenters. The summed E-state index contributed by atoms with van der Waals surface area (Å²) in [5, 5.41) is 5.36. The first-order valence-corrected chi connectivity index (χ1v) is 8.10. The van der Waals surface area contributed by atoms with Crippen molar-refractivity contribution in [2.75, 3.05) is 11.9 Å². The summed E-state index contributed by atoms with van der Waals surface area (Å²) in [7, 11) is 0. The predicted octanol–water partition coefficient (Wildman–Crippen LogP) is 4.13. The predicted molar refractivity (Wildman–Crippen MR) is 93.7 cm³/mol. The highest BCUT2D eigenvalue weighted by Crippen LogP contribution is 2.33. The summed E-state index contributed by atoms with van der Waals surface area (Å²) in [6, 6.07) is 5.59. The van der Waals surface area contributed by atoms with Crippen molar-refractivity contribution in [3.63, 3.8) is 0 Å². The van der Waals surface area contributed by atoms with Crippen LogP contribution in [0.2, 0.25) is 0 Å². The second-order valence-corrected chi connectivity index (χ2v) is 6.20. The summed E-state index contributed by atoms with van der Waals surface area (Å²) in [4.78, 5) is 19.5. The normalized spacial score (nSPS) is 11.2. The van der Waals surface area contributed by atoms with Crippen LogP contribution in [0.4, 0.5) is 23.1 Å². The minimum absolute atomic E-state index is 0.0867. The van der Waals surface area contributed by atoms with E-state index in [9.17, 15) is 18.0 Å². The number of aromatic nitrogens is 2. The molecule has 0 saturated carbocycles. The summed E-state index contributed by atoms with van der Waals surface area (Å²) < 4.78 is 39.2. The number of nitrogens with zero attached hydrogens (tertiary/aromatic N) is 2. The molecule has 0 atom stereocenters. The van der Waals surface area contributed by atoms with Crippen molar-refractivity contribution in [2.45, 2.75) is 6.18 Å². The second kappa shape index (κ2) is 7.01. The smallest absolute Gasteiger partial charge is 0.327 e. The second-order valence-electron chi connectivity index (χ2n) is 5.17. The molecular formula is C17H11F3N4OS. The third kappa shape index (κ3) is 3.92. The summed E-state index contributed by atoms with van der Waals surface area (Å²) in [6.45, 7) is 0.0867. The number of amides is 2. The maximum absolute atomic E-state index is 12.8. The number of carbonyl (C=O) groups is 1. The van der Waals surface area contributed by atoms with Gasteiger partial charge in [0.15, 0.2) is 5.13 Å². The zero-order valence-electron chi connectivity index (χ0n) is 13.1. The van der Waals surface area contributed by atoms with Gasteiger partial charge in [0.25, 0.3) is 0 Å². The lowest BCUT2D eigenvalue weighted by Gasteiger charge is -2.08. The Hall–Kier alpha value is -3.12. The Morgan fingerprint density at radius 2 is 2.04 bits per heavy atom. The van der Waals surface area contributed by atoms with E-state index in [0.717, 1.165) is 12.3 Å². The van der Waals surface area contributed by atoms with Crippen molar-refractivity contribution in [3.05, 3.63) is 42.2 Å². The Morgan fingerprint density at radius 1 is 1.23 bits per heavy atom. The van der Waals surface area contributed by atoms with Crippen molar-refractivity contribution in [2.24, 2.45) is 0 Å². The standard InChI is InChI=1S/C17H11F3N4OS/c1-2-5-22-15(25)24-16-23-13-4-3-10(7-14(13)26-16)11-6-12(9-21-8-11)17(18,19)20/h1,3-4,6-9H,5H2,(H2,22,23,24,25). The number of benzene rings is 1. The van der Waals surface area contributed by atoms with Crippen molar-refractivity contribution >= 4 is 32.7 Å². The molecular weight excluding hydrogens is 365 g/mol. The molecule has 0 saturated heterocycles. The molecule has 9 heteroatoms. The lowest BCUT2D eigenvalue weighted by molar-refractivity contribution is -0.137. The Kier molecular flexibility index (Phi) is 4.77. The molecule has 2 aromatic heterocycles. The lowest BCUT2D eigenvalue weighted by atomic mass is 10.1. The van der Waals surface area contributed by atoms with Crippen molar-refractivity contribution < 1.29 is 18.0 Å². The number of terminal acetylenes is 1. The maximum Gasteiger partial charge on any atom is 0.417 e. The monoisotopic (exact) mass is 376 g/mol. The highest BCUT2D eigenvalue weighted by atomic mass is 32.1. The molecule has 3 aromatic rings. The zero-order chi connectivity index (χ0) is 18.7. The molecule has 0 aliphatic carbocycles. The van der Waals surface area contributed by atoms with Crippen LogP contribution in [-0.2, 0) is 6.18 Å². The van der Waals surface area contributed by atoms with Crippen LogP contribution >= 0.6 is 11.3 Å². The molecule has 0 aliphatic rings. The summed E-state index contributed by atoms with van der Waals surface area (Å²) >= 11 is 1.20. The lowest BCUT2D eigenvalue weighted by Crippen LogP contribution is -2.28. The van der Waals surface area contributed by atoms with Gasteiger partial charge in [-0.2, -0.15) is 13.2 Å². The van der Waals surface area contributed by atoms with Crippen molar-refractivity contribution in [3.8, 4) is 23.5 Å². The SMILES string of the molecule is C#CCNC(=O)Nc1nc2ccc(-c3cncc(C(F)(F)F)c3)cc2s1. The number of urea groups is 1. The van der Waals surface area contributed by atoms with Gasteiger partial charge >= 0.3 is 12.2 Å². The van der Waals surface area contributed by atoms with Crippen LogP contribution in [0, 0.1) is 12.3 Å². The maximum atomic E-state index is 12.8. The molecule has 0 aliphatic heterocycles. The molecule has 26 heavy (non-hydrogen) atoms. The van der Waals surface area contributed by atoms with E-state index < -0.39 is 17.8 Å². The first kappa shape index (κ1) is 17.7. The van der Waals surface area contributed by atoms with Gasteiger partial charge in [-0.3, -0.25) is 10.3 Å². The van der Waals surface area contributed by atoms with Crippen LogP contribution in [0.25, 0.3) is 21.3 Å². The number of pyridine rings is 1. The van der Waals surface area contributed by atoms with Crippen LogP contribution in [0.15, 0.2) is 36.7 Å². The first-order valence-electron chi connectivity index (χ1n) is 7.28. The fourth-order valence-electron chi connectivity index (χ4n) is 2.18. The minimum Gasteiger partial charge on any atom is -0.327 e. The highest BCUT2D eigenvalue weighted by molar-refractivity contribution is 7.22. The summed E-state index contributed by atoms with van der Waals surface area (Å²) in [6.07, 6.45) is 2.75. The zero-order valence-corrected chi connectivity index (χ0v) is 13.9. The molecule has 0 radical (unpaired) electrons. The van der Waals surface area contributed by atoms with Gasteiger partial charge in [0.05, 0.1) is 22.3 Å². The summed E-state index contributed by atoms with van der Waals surface area (Å²) in [5.41, 5.74) is 0.720. The van der Waals surface area contributed by atoms with Gasteiger partial charge in [0.2, 0.25) is 0 Å². The van der Waals surface area contributed by atoms with E-state index in [1.54, 1.807) is 18.2 Å². The minimum atomic E-state index is -4.46. The van der Waals surface area contributed by atoms with E-state index in [1.807, 2.05) is 0 Å². The number of anilines is 1. The van der Waals surface area contributed by atoms with E-state index in [1.165, 1.54) is 17.5 Å². The van der Waals surface area contributed by atoms with E-state index in [0.29, 0.717) is 26.5 Å². The molecule has 0 spiro atoms. The number of fused-ring (bicyclic) bond motifs is 1. The van der Waals surface area contributed by atoms with E-state index in [4.69, 9.17) is 6.42 Å². The highest BCUT2D eigenvalue weighted by Gasteiger charge is 2.31.